The number of allylic oxidation sites excluding steroid dienone is 1. The molecule has 3 nitrogen and oxygen atoms in total. The van der Waals surface area contributed by atoms with Crippen LogP contribution in [-0.4, -0.2) is 24.6 Å². The van der Waals surface area contributed by atoms with Crippen LogP contribution in [0.1, 0.15) is 51.5 Å². The molecular weight excluding hydrogens is 324 g/mol. The predicted octanol–water partition coefficient (Wildman–Crippen LogP) is 5.01. The van der Waals surface area contributed by atoms with Crippen molar-refractivity contribution < 1.29 is 14.6 Å². The number of benzene rings is 1. The highest BCUT2D eigenvalue weighted by Gasteiger charge is 2.41. The van der Waals surface area contributed by atoms with Gasteiger partial charge in [0.2, 0.25) is 0 Å². The molecule has 26 heavy (non-hydrogen) atoms. The minimum absolute atomic E-state index is 0.244. The molecule has 1 aromatic rings. The summed E-state index contributed by atoms with van der Waals surface area (Å²) >= 11 is 0. The van der Waals surface area contributed by atoms with Crippen molar-refractivity contribution in [3.05, 3.63) is 59.2 Å². The minimum Gasteiger partial charge on any atom is -0.389 e. The lowest BCUT2D eigenvalue weighted by molar-refractivity contribution is -0.112. The van der Waals surface area contributed by atoms with Crippen LogP contribution in [0.25, 0.3) is 0 Å². The molecule has 0 aromatic heterocycles. The Morgan fingerprint density at radius 3 is 2.65 bits per heavy atom. The Hall–Kier alpha value is -1.42. The van der Waals surface area contributed by atoms with Gasteiger partial charge in [0, 0.05) is 7.11 Å². The first-order valence-corrected chi connectivity index (χ1v) is 9.70. The van der Waals surface area contributed by atoms with Gasteiger partial charge in [-0.1, -0.05) is 49.4 Å². The summed E-state index contributed by atoms with van der Waals surface area (Å²) in [5.74, 6) is 0.346. The third kappa shape index (κ3) is 3.95. The predicted molar refractivity (Wildman–Crippen MR) is 105 cm³/mol. The molecule has 0 saturated heterocycles. The van der Waals surface area contributed by atoms with Crippen LogP contribution in [0.15, 0.2) is 53.6 Å². The molecule has 0 radical (unpaired) electrons. The molecule has 3 rings (SSSR count). The standard InChI is InChI=1S/C23H32O3/c1-16(22(25-4)26-15-18-8-6-5-7-9-18)19-10-12-23(3)13-11-21(24)17(2)20(23)14-19/h5-9,19,21-22,24H,1,10-15H2,2-4H3. The molecule has 0 amide bonds. The van der Waals surface area contributed by atoms with Gasteiger partial charge in [0.15, 0.2) is 6.29 Å². The highest BCUT2D eigenvalue weighted by Crippen LogP contribution is 2.52. The van der Waals surface area contributed by atoms with E-state index in [2.05, 4.69) is 32.6 Å². The van der Waals surface area contributed by atoms with Gasteiger partial charge in [-0.2, -0.15) is 0 Å². The van der Waals surface area contributed by atoms with Crippen LogP contribution >= 0.6 is 0 Å². The number of aliphatic hydroxyl groups excluding tert-OH is 1. The summed E-state index contributed by atoms with van der Waals surface area (Å²) in [4.78, 5) is 0. The molecular formula is C23H32O3. The summed E-state index contributed by atoms with van der Waals surface area (Å²) in [5.41, 5.74) is 5.01. The number of rotatable bonds is 6. The summed E-state index contributed by atoms with van der Waals surface area (Å²) in [6.45, 7) is 9.31. The molecule has 4 atom stereocenters. The van der Waals surface area contributed by atoms with Gasteiger partial charge in [0.25, 0.3) is 0 Å². The Morgan fingerprint density at radius 1 is 1.27 bits per heavy atom. The first-order chi connectivity index (χ1) is 12.4. The Bertz CT molecular complexity index is 663. The number of methoxy groups -OCH3 is 1. The van der Waals surface area contributed by atoms with E-state index in [1.54, 1.807) is 7.11 Å². The Kier molecular flexibility index (Phi) is 6.01. The Balaban J connectivity index is 1.68. The minimum atomic E-state index is -0.390. The third-order valence-electron chi connectivity index (χ3n) is 6.45. The van der Waals surface area contributed by atoms with E-state index in [1.165, 1.54) is 11.1 Å². The SMILES string of the molecule is C=C(C1CCC2(C)CCC(O)C(C)=C2C1)C(OC)OCc1ccccc1. The monoisotopic (exact) mass is 356 g/mol. The van der Waals surface area contributed by atoms with Crippen LogP contribution in [0.2, 0.25) is 0 Å². The second-order valence-electron chi connectivity index (χ2n) is 8.16. The number of hydrogen-bond donors (Lipinski definition) is 1. The zero-order valence-corrected chi connectivity index (χ0v) is 16.3. The van der Waals surface area contributed by atoms with Crippen molar-refractivity contribution in [3.8, 4) is 0 Å². The fraction of sp³-hybridized carbons (Fsp3) is 0.565. The van der Waals surface area contributed by atoms with Crippen LogP contribution in [0.3, 0.4) is 0 Å². The summed E-state index contributed by atoms with van der Waals surface area (Å²) in [7, 11) is 1.68. The lowest BCUT2D eigenvalue weighted by Crippen LogP contribution is -2.36. The van der Waals surface area contributed by atoms with E-state index in [0.29, 0.717) is 12.5 Å². The maximum absolute atomic E-state index is 10.3. The van der Waals surface area contributed by atoms with E-state index < -0.39 is 0 Å². The molecule has 1 fully saturated rings. The van der Waals surface area contributed by atoms with Crippen LogP contribution in [0.4, 0.5) is 0 Å². The van der Waals surface area contributed by atoms with Crippen LogP contribution < -0.4 is 0 Å². The van der Waals surface area contributed by atoms with E-state index >= 15 is 0 Å². The molecule has 3 heteroatoms. The van der Waals surface area contributed by atoms with Gasteiger partial charge in [0.05, 0.1) is 12.7 Å². The summed E-state index contributed by atoms with van der Waals surface area (Å²) in [6.07, 6.45) is 4.52. The molecule has 0 heterocycles. The van der Waals surface area contributed by atoms with Crippen molar-refractivity contribution in [1.82, 2.24) is 0 Å². The van der Waals surface area contributed by atoms with Gasteiger partial charge < -0.3 is 14.6 Å². The topological polar surface area (TPSA) is 38.7 Å². The molecule has 142 valence electrons. The Labute approximate surface area is 157 Å². The number of ether oxygens (including phenoxy) is 2. The summed E-state index contributed by atoms with van der Waals surface area (Å²) < 4.78 is 11.6. The highest BCUT2D eigenvalue weighted by atomic mass is 16.7. The summed E-state index contributed by atoms with van der Waals surface area (Å²) in [6, 6.07) is 10.1. The van der Waals surface area contributed by atoms with Crippen molar-refractivity contribution in [3.63, 3.8) is 0 Å². The van der Waals surface area contributed by atoms with Gasteiger partial charge in [-0.05, 0) is 67.1 Å². The number of fused-ring (bicyclic) bond motifs is 1. The molecule has 1 N–H and O–H groups in total. The third-order valence-corrected chi connectivity index (χ3v) is 6.45. The Morgan fingerprint density at radius 2 is 1.96 bits per heavy atom. The van der Waals surface area contributed by atoms with Gasteiger partial charge in [-0.3, -0.25) is 0 Å². The van der Waals surface area contributed by atoms with E-state index in [4.69, 9.17) is 9.47 Å². The van der Waals surface area contributed by atoms with Gasteiger partial charge in [0.1, 0.15) is 0 Å². The molecule has 0 spiro atoms. The van der Waals surface area contributed by atoms with E-state index in [0.717, 1.165) is 43.2 Å². The molecule has 4 unspecified atom stereocenters. The first-order valence-electron chi connectivity index (χ1n) is 9.70. The van der Waals surface area contributed by atoms with Gasteiger partial charge >= 0.3 is 0 Å². The maximum atomic E-state index is 10.3. The number of aliphatic hydroxyl groups is 1. The zero-order valence-electron chi connectivity index (χ0n) is 16.3. The average molecular weight is 357 g/mol. The normalized spacial score (nSPS) is 30.0. The smallest absolute Gasteiger partial charge is 0.179 e. The van der Waals surface area contributed by atoms with E-state index in [9.17, 15) is 5.11 Å². The van der Waals surface area contributed by atoms with Crippen LogP contribution in [0.5, 0.6) is 0 Å². The van der Waals surface area contributed by atoms with Crippen LogP contribution in [0, 0.1) is 11.3 Å². The fourth-order valence-corrected chi connectivity index (χ4v) is 4.61. The zero-order chi connectivity index (χ0) is 18.7. The van der Waals surface area contributed by atoms with Crippen molar-refractivity contribution in [2.75, 3.05) is 7.11 Å². The van der Waals surface area contributed by atoms with E-state index in [-0.39, 0.29) is 17.8 Å². The first kappa shape index (κ1) is 19.3. The highest BCUT2D eigenvalue weighted by molar-refractivity contribution is 5.30. The second-order valence-corrected chi connectivity index (χ2v) is 8.16. The second kappa shape index (κ2) is 8.08. The molecule has 0 bridgehead atoms. The molecule has 2 aliphatic rings. The molecule has 1 saturated carbocycles. The average Bonchev–Trinajstić information content (AvgIpc) is 2.66. The van der Waals surface area contributed by atoms with Crippen molar-refractivity contribution >= 4 is 0 Å². The van der Waals surface area contributed by atoms with Crippen molar-refractivity contribution in [1.29, 1.82) is 0 Å². The van der Waals surface area contributed by atoms with E-state index in [1.807, 2.05) is 18.2 Å². The quantitative estimate of drug-likeness (QED) is 0.575. The number of hydrogen-bond acceptors (Lipinski definition) is 3. The van der Waals surface area contributed by atoms with Gasteiger partial charge in [-0.15, -0.1) is 0 Å². The van der Waals surface area contributed by atoms with Crippen molar-refractivity contribution in [2.24, 2.45) is 11.3 Å². The summed E-state index contributed by atoms with van der Waals surface area (Å²) in [5, 5.41) is 10.3. The lowest BCUT2D eigenvalue weighted by atomic mass is 9.60. The maximum Gasteiger partial charge on any atom is 0.179 e. The largest absolute Gasteiger partial charge is 0.389 e. The molecule has 2 aliphatic carbocycles. The molecule has 1 aromatic carbocycles. The van der Waals surface area contributed by atoms with Gasteiger partial charge in [-0.25, -0.2) is 0 Å². The lowest BCUT2D eigenvalue weighted by Gasteiger charge is -2.46. The van der Waals surface area contributed by atoms with Crippen LogP contribution in [-0.2, 0) is 16.1 Å². The molecule has 0 aliphatic heterocycles. The fourth-order valence-electron chi connectivity index (χ4n) is 4.61. The van der Waals surface area contributed by atoms with Crippen molar-refractivity contribution in [2.45, 2.75) is 65.0 Å².